The van der Waals surface area contributed by atoms with Crippen molar-refractivity contribution in [2.24, 2.45) is 23.7 Å². The largest absolute Gasteiger partial charge is 0.0616 e. The summed E-state index contributed by atoms with van der Waals surface area (Å²) in [6.07, 6.45) is 7.09. The van der Waals surface area contributed by atoms with E-state index < -0.39 is 0 Å². The van der Waals surface area contributed by atoms with Crippen molar-refractivity contribution in [2.75, 3.05) is 0 Å². The lowest BCUT2D eigenvalue weighted by Crippen LogP contribution is -2.55. The van der Waals surface area contributed by atoms with E-state index in [0.717, 1.165) is 23.7 Å². The molecule has 0 heteroatoms. The maximum atomic E-state index is 2.62. The first-order valence-corrected chi connectivity index (χ1v) is 20.9. The number of fused-ring (bicyclic) bond motifs is 7. The van der Waals surface area contributed by atoms with E-state index in [1.54, 1.807) is 11.1 Å². The van der Waals surface area contributed by atoms with Gasteiger partial charge in [-0.15, -0.1) is 0 Å². The van der Waals surface area contributed by atoms with Crippen LogP contribution in [0.15, 0.2) is 170 Å². The Morgan fingerprint density at radius 3 is 1.45 bits per heavy atom. The van der Waals surface area contributed by atoms with Crippen molar-refractivity contribution in [1.29, 1.82) is 0 Å². The number of benzene rings is 9. The molecule has 1 spiro atoms. The quantitative estimate of drug-likeness (QED) is 0.160. The van der Waals surface area contributed by atoms with Gasteiger partial charge in [-0.25, -0.2) is 0 Å². The molecule has 0 radical (unpaired) electrons. The van der Waals surface area contributed by atoms with Gasteiger partial charge < -0.3 is 0 Å². The molecule has 14 rings (SSSR count). The summed E-state index contributed by atoms with van der Waals surface area (Å²) in [6.45, 7) is 0. The van der Waals surface area contributed by atoms with Crippen molar-refractivity contribution in [3.63, 3.8) is 0 Å². The first-order chi connectivity index (χ1) is 27.7. The Morgan fingerprint density at radius 1 is 0.321 bits per heavy atom. The molecule has 4 fully saturated rings. The van der Waals surface area contributed by atoms with Gasteiger partial charge >= 0.3 is 0 Å². The third-order valence-corrected chi connectivity index (χ3v) is 15.0. The summed E-state index contributed by atoms with van der Waals surface area (Å²) in [6, 6.07) is 64.9. The van der Waals surface area contributed by atoms with Gasteiger partial charge in [0, 0.05) is 5.41 Å². The van der Waals surface area contributed by atoms with Crippen LogP contribution in [0, 0.1) is 23.7 Å². The van der Waals surface area contributed by atoms with Gasteiger partial charge in [-0.3, -0.25) is 0 Å². The first-order valence-electron chi connectivity index (χ1n) is 20.9. The van der Waals surface area contributed by atoms with Crippen molar-refractivity contribution in [3.05, 3.63) is 181 Å². The van der Waals surface area contributed by atoms with Crippen molar-refractivity contribution in [3.8, 4) is 44.5 Å². The maximum Gasteiger partial charge on any atom is 0.0272 e. The van der Waals surface area contributed by atoms with Crippen LogP contribution in [0.3, 0.4) is 0 Å². The Balaban J connectivity index is 1.02. The van der Waals surface area contributed by atoms with Crippen molar-refractivity contribution in [2.45, 2.75) is 37.5 Å². The van der Waals surface area contributed by atoms with Gasteiger partial charge in [0.25, 0.3) is 0 Å². The minimum absolute atomic E-state index is 0.146. The number of hydrogen-bond acceptors (Lipinski definition) is 0. The first kappa shape index (κ1) is 31.2. The van der Waals surface area contributed by atoms with Crippen LogP contribution in [-0.2, 0) is 5.41 Å². The SMILES string of the molecule is c1ccc2cc3c(cc2c1)-c1cc(-c2c4ccccc4c(-c4ccc(-c5cccc6ccccc56)cc4)c4ccccc24)ccc1C31C2CC3CC(C2)CC1C3. The third-order valence-electron chi connectivity index (χ3n) is 15.0. The van der Waals surface area contributed by atoms with E-state index in [4.69, 9.17) is 0 Å². The predicted molar refractivity (Wildman–Crippen MR) is 236 cm³/mol. The van der Waals surface area contributed by atoms with E-state index in [2.05, 4.69) is 170 Å². The second-order valence-corrected chi connectivity index (χ2v) is 17.6. The molecular weight excluding hydrogens is 673 g/mol. The summed E-state index contributed by atoms with van der Waals surface area (Å²) < 4.78 is 0. The van der Waals surface area contributed by atoms with Crippen molar-refractivity contribution >= 4 is 43.1 Å². The van der Waals surface area contributed by atoms with Crippen molar-refractivity contribution < 1.29 is 0 Å². The normalized spacial score (nSPS) is 23.1. The van der Waals surface area contributed by atoms with Crippen LogP contribution in [0.1, 0.15) is 43.2 Å². The highest BCUT2D eigenvalue weighted by Crippen LogP contribution is 2.70. The molecule has 4 saturated carbocycles. The Hall–Kier alpha value is -5.98. The average molecular weight is 715 g/mol. The number of hydrogen-bond donors (Lipinski definition) is 0. The van der Waals surface area contributed by atoms with E-state index in [1.165, 1.54) is 120 Å². The molecule has 0 N–H and O–H groups in total. The Bertz CT molecular complexity index is 3000. The number of rotatable bonds is 3. The lowest BCUT2D eigenvalue weighted by Gasteiger charge is -2.61. The summed E-state index contributed by atoms with van der Waals surface area (Å²) in [5, 5.41) is 10.6. The average Bonchev–Trinajstić information content (AvgIpc) is 3.52. The van der Waals surface area contributed by atoms with Gasteiger partial charge in [0.15, 0.2) is 0 Å². The zero-order chi connectivity index (χ0) is 36.5. The fourth-order valence-electron chi connectivity index (χ4n) is 13.1. The monoisotopic (exact) mass is 714 g/mol. The van der Waals surface area contributed by atoms with Gasteiger partial charge in [-0.05, 0) is 173 Å². The van der Waals surface area contributed by atoms with Gasteiger partial charge in [0.2, 0.25) is 0 Å². The van der Waals surface area contributed by atoms with Crippen LogP contribution in [0.4, 0.5) is 0 Å². The van der Waals surface area contributed by atoms with Gasteiger partial charge in [-0.2, -0.15) is 0 Å². The molecular formula is C56H42. The summed E-state index contributed by atoms with van der Waals surface area (Å²) in [5.41, 5.74) is 14.2. The summed E-state index contributed by atoms with van der Waals surface area (Å²) in [5.74, 6) is 3.36. The Morgan fingerprint density at radius 2 is 0.804 bits per heavy atom. The fourth-order valence-corrected chi connectivity index (χ4v) is 13.1. The van der Waals surface area contributed by atoms with Crippen LogP contribution in [-0.4, -0.2) is 0 Å². The molecule has 4 bridgehead atoms. The zero-order valence-electron chi connectivity index (χ0n) is 31.5. The molecule has 0 nitrogen and oxygen atoms in total. The predicted octanol–water partition coefficient (Wildman–Crippen LogP) is 15.0. The molecule has 5 aliphatic carbocycles. The second-order valence-electron chi connectivity index (χ2n) is 17.6. The third kappa shape index (κ3) is 4.20. The van der Waals surface area contributed by atoms with E-state index in [0.29, 0.717) is 0 Å². The zero-order valence-corrected chi connectivity index (χ0v) is 31.5. The highest BCUT2D eigenvalue weighted by molar-refractivity contribution is 6.21. The summed E-state index contributed by atoms with van der Waals surface area (Å²) in [7, 11) is 0. The molecule has 56 heavy (non-hydrogen) atoms. The highest BCUT2D eigenvalue weighted by Gasteiger charge is 2.61. The lowest BCUT2D eigenvalue weighted by atomic mass is 9.43. The van der Waals surface area contributed by atoms with Crippen LogP contribution in [0.5, 0.6) is 0 Å². The van der Waals surface area contributed by atoms with Crippen molar-refractivity contribution in [1.82, 2.24) is 0 Å². The second kappa shape index (κ2) is 11.5. The van der Waals surface area contributed by atoms with Crippen LogP contribution in [0.2, 0.25) is 0 Å². The van der Waals surface area contributed by atoms with Gasteiger partial charge in [0.05, 0.1) is 0 Å². The standard InChI is InChI=1S/C56H42/c1-2-12-40-33-53-51(31-39(40)11-1)50-32-41(24-25-52(50)56(53)42-27-34-26-35(29-42)30-43(56)28-34)55-48-17-7-5-15-46(48)54(47-16-6-8-18-49(47)55)38-22-20-37(21-23-38)45-19-9-13-36-10-3-4-14-44(36)45/h1-25,31-35,42-43H,26-30H2. The van der Waals surface area contributed by atoms with Gasteiger partial charge in [0.1, 0.15) is 0 Å². The van der Waals surface area contributed by atoms with Gasteiger partial charge in [-0.1, -0.05) is 152 Å². The Labute approximate surface area is 328 Å². The van der Waals surface area contributed by atoms with E-state index >= 15 is 0 Å². The van der Waals surface area contributed by atoms with Crippen LogP contribution in [0.25, 0.3) is 87.6 Å². The summed E-state index contributed by atoms with van der Waals surface area (Å²) in [4.78, 5) is 0. The fraction of sp³-hybridized carbons (Fsp3) is 0.179. The lowest BCUT2D eigenvalue weighted by molar-refractivity contribution is -0.0398. The van der Waals surface area contributed by atoms with E-state index in [9.17, 15) is 0 Å². The smallest absolute Gasteiger partial charge is 0.0272 e. The molecule has 5 aliphatic rings. The molecule has 0 aromatic heterocycles. The molecule has 0 atom stereocenters. The molecule has 266 valence electrons. The minimum atomic E-state index is 0.146. The van der Waals surface area contributed by atoms with Crippen LogP contribution < -0.4 is 0 Å². The minimum Gasteiger partial charge on any atom is -0.0616 e. The van der Waals surface area contributed by atoms with Crippen LogP contribution >= 0.6 is 0 Å². The van der Waals surface area contributed by atoms with E-state index in [-0.39, 0.29) is 5.41 Å². The molecule has 0 unspecified atom stereocenters. The molecule has 0 heterocycles. The molecule has 0 aliphatic heterocycles. The highest BCUT2D eigenvalue weighted by atomic mass is 14.6. The summed E-state index contributed by atoms with van der Waals surface area (Å²) >= 11 is 0. The molecule has 9 aromatic carbocycles. The molecule has 9 aromatic rings. The molecule has 0 amide bonds. The molecule has 0 saturated heterocycles. The topological polar surface area (TPSA) is 0 Å². The van der Waals surface area contributed by atoms with E-state index in [1.807, 2.05) is 0 Å². The Kier molecular flexibility index (Phi) is 6.43. The maximum absolute atomic E-state index is 2.62.